The van der Waals surface area contributed by atoms with Crippen LogP contribution in [0.3, 0.4) is 0 Å². The molecule has 0 aliphatic carbocycles. The highest BCUT2D eigenvalue weighted by atomic mass is 79.9. The summed E-state index contributed by atoms with van der Waals surface area (Å²) in [6.07, 6.45) is 1.60. The quantitative estimate of drug-likeness (QED) is 0.711. The fraction of sp³-hybridized carbons (Fsp3) is 0.111. The topological polar surface area (TPSA) is 36.0 Å². The van der Waals surface area contributed by atoms with Crippen molar-refractivity contribution in [2.75, 3.05) is 0 Å². The van der Waals surface area contributed by atoms with Gasteiger partial charge in [-0.15, -0.1) is 0 Å². The van der Waals surface area contributed by atoms with Crippen molar-refractivity contribution in [2.45, 2.75) is 6.92 Å². The first-order valence-corrected chi connectivity index (χ1v) is 4.44. The first kappa shape index (κ1) is 7.68. The molecule has 0 radical (unpaired) electrons. The molecule has 0 aliphatic rings. The molecule has 0 fully saturated rings. The van der Waals surface area contributed by atoms with Gasteiger partial charge in [0, 0.05) is 16.1 Å². The third kappa shape index (κ3) is 0.932. The van der Waals surface area contributed by atoms with E-state index in [0.29, 0.717) is 5.75 Å². The predicted molar refractivity (Wildman–Crippen MR) is 52.4 cm³/mol. The lowest BCUT2D eigenvalue weighted by Crippen LogP contribution is -1.77. The average Bonchev–Trinajstić information content (AvgIpc) is 2.41. The van der Waals surface area contributed by atoms with E-state index in [2.05, 4.69) is 20.9 Å². The van der Waals surface area contributed by atoms with Crippen molar-refractivity contribution in [3.63, 3.8) is 0 Å². The van der Waals surface area contributed by atoms with E-state index in [9.17, 15) is 5.11 Å². The van der Waals surface area contributed by atoms with Crippen LogP contribution in [0.5, 0.6) is 5.75 Å². The fourth-order valence-electron chi connectivity index (χ4n) is 1.30. The lowest BCUT2D eigenvalue weighted by Gasteiger charge is -1.98. The second kappa shape index (κ2) is 2.52. The molecule has 2 rings (SSSR count). The number of benzene rings is 1. The second-order valence-corrected chi connectivity index (χ2v) is 3.62. The van der Waals surface area contributed by atoms with E-state index < -0.39 is 0 Å². The summed E-state index contributed by atoms with van der Waals surface area (Å²) in [5, 5.41) is 10.3. The molecule has 0 saturated carbocycles. The first-order chi connectivity index (χ1) is 5.70. The molecule has 0 spiro atoms. The van der Waals surface area contributed by atoms with Gasteiger partial charge in [0.05, 0.1) is 5.52 Å². The number of H-pyrrole nitrogens is 1. The van der Waals surface area contributed by atoms with E-state index in [0.717, 1.165) is 20.9 Å². The average molecular weight is 226 g/mol. The highest BCUT2D eigenvalue weighted by molar-refractivity contribution is 9.10. The Morgan fingerprint density at radius 1 is 1.42 bits per heavy atom. The lowest BCUT2D eigenvalue weighted by molar-refractivity contribution is 0.481. The zero-order chi connectivity index (χ0) is 8.72. The van der Waals surface area contributed by atoms with E-state index in [1.165, 1.54) is 0 Å². The van der Waals surface area contributed by atoms with Gasteiger partial charge in [-0.2, -0.15) is 0 Å². The van der Waals surface area contributed by atoms with Crippen LogP contribution in [0, 0.1) is 6.92 Å². The van der Waals surface area contributed by atoms with Gasteiger partial charge in [-0.1, -0.05) is 15.9 Å². The van der Waals surface area contributed by atoms with Gasteiger partial charge in [0.15, 0.2) is 0 Å². The maximum absolute atomic E-state index is 9.38. The molecule has 0 aliphatic heterocycles. The summed E-state index contributed by atoms with van der Waals surface area (Å²) in [6, 6.07) is 3.82. The number of aromatic hydroxyl groups is 1. The summed E-state index contributed by atoms with van der Waals surface area (Å²) in [7, 11) is 0. The molecule has 0 bridgehead atoms. The minimum Gasteiger partial charge on any atom is -0.506 e. The highest BCUT2D eigenvalue weighted by Gasteiger charge is 2.05. The maximum Gasteiger partial charge on any atom is 0.140 e. The molecular formula is C9H8BrNO. The van der Waals surface area contributed by atoms with E-state index in [-0.39, 0.29) is 0 Å². The van der Waals surface area contributed by atoms with Crippen molar-refractivity contribution in [2.24, 2.45) is 0 Å². The van der Waals surface area contributed by atoms with Crippen LogP contribution in [-0.2, 0) is 0 Å². The molecule has 0 atom stereocenters. The van der Waals surface area contributed by atoms with Crippen molar-refractivity contribution in [1.29, 1.82) is 0 Å². The molecule has 0 saturated heterocycles. The predicted octanol–water partition coefficient (Wildman–Crippen LogP) is 2.94. The van der Waals surface area contributed by atoms with Crippen molar-refractivity contribution >= 4 is 26.8 Å². The van der Waals surface area contributed by atoms with Gasteiger partial charge >= 0.3 is 0 Å². The van der Waals surface area contributed by atoms with E-state index in [1.54, 1.807) is 6.20 Å². The highest BCUT2D eigenvalue weighted by Crippen LogP contribution is 2.30. The number of aryl methyl sites for hydroxylation is 1. The molecule has 2 nitrogen and oxygen atoms in total. The van der Waals surface area contributed by atoms with E-state index in [4.69, 9.17) is 0 Å². The zero-order valence-electron chi connectivity index (χ0n) is 6.56. The third-order valence-electron chi connectivity index (χ3n) is 2.03. The summed E-state index contributed by atoms with van der Waals surface area (Å²) < 4.78 is 1.05. The molecule has 1 aromatic heterocycles. The van der Waals surface area contributed by atoms with Gasteiger partial charge in [0.25, 0.3) is 0 Å². The van der Waals surface area contributed by atoms with Crippen molar-refractivity contribution in [3.05, 3.63) is 28.4 Å². The number of aromatic amines is 1. The summed E-state index contributed by atoms with van der Waals surface area (Å²) in [5.74, 6) is 0.306. The SMILES string of the molecule is Cc1c(Br)ccc2c(O)c[nH]c12. The lowest BCUT2D eigenvalue weighted by atomic mass is 10.2. The summed E-state index contributed by atoms with van der Waals surface area (Å²) in [5.41, 5.74) is 2.11. The Morgan fingerprint density at radius 2 is 2.17 bits per heavy atom. The Kier molecular flexibility index (Phi) is 1.61. The smallest absolute Gasteiger partial charge is 0.140 e. The number of aromatic nitrogens is 1. The molecule has 62 valence electrons. The molecule has 3 heteroatoms. The number of halogens is 1. The largest absolute Gasteiger partial charge is 0.506 e. The second-order valence-electron chi connectivity index (χ2n) is 2.77. The standard InChI is InChI=1S/C9H8BrNO/c1-5-7(10)3-2-6-8(12)4-11-9(5)6/h2-4,11-12H,1H3. The Balaban J connectivity index is 2.93. The molecule has 0 amide bonds. The van der Waals surface area contributed by atoms with Gasteiger partial charge < -0.3 is 10.1 Å². The Labute approximate surface area is 78.3 Å². The normalized spacial score (nSPS) is 10.8. The van der Waals surface area contributed by atoms with Gasteiger partial charge in [0.2, 0.25) is 0 Å². The summed E-state index contributed by atoms with van der Waals surface area (Å²) >= 11 is 3.42. The number of fused-ring (bicyclic) bond motifs is 1. The summed E-state index contributed by atoms with van der Waals surface area (Å²) in [4.78, 5) is 3.02. The maximum atomic E-state index is 9.38. The van der Waals surface area contributed by atoms with Gasteiger partial charge in [-0.25, -0.2) is 0 Å². The molecule has 2 aromatic rings. The Hall–Kier alpha value is -0.960. The first-order valence-electron chi connectivity index (χ1n) is 3.65. The van der Waals surface area contributed by atoms with E-state index in [1.807, 2.05) is 19.1 Å². The summed E-state index contributed by atoms with van der Waals surface area (Å²) in [6.45, 7) is 2.00. The van der Waals surface area contributed by atoms with Gasteiger partial charge in [-0.3, -0.25) is 0 Å². The fourth-order valence-corrected chi connectivity index (χ4v) is 1.63. The molecular weight excluding hydrogens is 218 g/mol. The van der Waals surface area contributed by atoms with Gasteiger partial charge in [0.1, 0.15) is 5.75 Å². The van der Waals surface area contributed by atoms with Crippen LogP contribution in [-0.4, -0.2) is 10.1 Å². The van der Waals surface area contributed by atoms with Crippen molar-refractivity contribution in [3.8, 4) is 5.75 Å². The zero-order valence-corrected chi connectivity index (χ0v) is 8.14. The monoisotopic (exact) mass is 225 g/mol. The van der Waals surface area contributed by atoms with Crippen LogP contribution in [0.2, 0.25) is 0 Å². The molecule has 0 unspecified atom stereocenters. The number of hydrogen-bond donors (Lipinski definition) is 2. The Bertz CT molecular complexity index is 433. The number of rotatable bonds is 0. The molecule has 1 heterocycles. The van der Waals surface area contributed by atoms with Crippen LogP contribution in [0.15, 0.2) is 22.8 Å². The van der Waals surface area contributed by atoms with Crippen LogP contribution in [0.1, 0.15) is 5.56 Å². The Morgan fingerprint density at radius 3 is 2.92 bits per heavy atom. The minimum absolute atomic E-state index is 0.306. The van der Waals surface area contributed by atoms with Crippen molar-refractivity contribution in [1.82, 2.24) is 4.98 Å². The molecule has 1 aromatic carbocycles. The van der Waals surface area contributed by atoms with Gasteiger partial charge in [-0.05, 0) is 24.6 Å². The van der Waals surface area contributed by atoms with Crippen LogP contribution in [0.4, 0.5) is 0 Å². The van der Waals surface area contributed by atoms with Crippen molar-refractivity contribution < 1.29 is 5.11 Å². The molecule has 2 N–H and O–H groups in total. The third-order valence-corrected chi connectivity index (χ3v) is 2.89. The van der Waals surface area contributed by atoms with Crippen LogP contribution >= 0.6 is 15.9 Å². The number of hydrogen-bond acceptors (Lipinski definition) is 1. The van der Waals surface area contributed by atoms with Crippen LogP contribution < -0.4 is 0 Å². The van der Waals surface area contributed by atoms with E-state index >= 15 is 0 Å². The number of nitrogens with one attached hydrogen (secondary N) is 1. The molecule has 12 heavy (non-hydrogen) atoms. The minimum atomic E-state index is 0.306. The van der Waals surface area contributed by atoms with Crippen LogP contribution in [0.25, 0.3) is 10.9 Å².